The highest BCUT2D eigenvalue weighted by molar-refractivity contribution is 8.02. The van der Waals surface area contributed by atoms with Gasteiger partial charge in [0.15, 0.2) is 0 Å². The predicted octanol–water partition coefficient (Wildman–Crippen LogP) is 4.43. The maximum Gasteiger partial charge on any atom is 0.319 e. The molecule has 0 aromatic rings. The van der Waals surface area contributed by atoms with E-state index >= 15 is 0 Å². The van der Waals surface area contributed by atoms with Gasteiger partial charge in [-0.15, -0.1) is 11.8 Å². The molecule has 0 atom stereocenters. The summed E-state index contributed by atoms with van der Waals surface area (Å²) in [6.07, 6.45) is 1.48. The number of hydrogen-bond acceptors (Lipinski definition) is 2. The number of hydrogen-bond donors (Lipinski definition) is 1. The van der Waals surface area contributed by atoms with E-state index in [9.17, 15) is 9.90 Å². The number of carboxylic acid groups (broad SMARTS) is 1. The van der Waals surface area contributed by atoms with Crippen molar-refractivity contribution in [3.05, 3.63) is 0 Å². The molecule has 0 unspecified atom stereocenters. The van der Waals surface area contributed by atoms with Crippen LogP contribution in [0.4, 0.5) is 0 Å². The van der Waals surface area contributed by atoms with Gasteiger partial charge < -0.3 is 5.11 Å². The summed E-state index contributed by atoms with van der Waals surface area (Å²) in [5, 5.41) is 9.66. The van der Waals surface area contributed by atoms with E-state index in [0.29, 0.717) is 11.8 Å². The zero-order valence-corrected chi connectivity index (χ0v) is 13.1. The fraction of sp³-hybridized carbons (Fsp3) is 0.929. The smallest absolute Gasteiger partial charge is 0.319 e. The Bertz CT molecular complexity index is 241. The number of carbonyl (C=O) groups is 1. The first-order chi connectivity index (χ1) is 7.48. The van der Waals surface area contributed by atoms with E-state index in [1.807, 2.05) is 0 Å². The number of thioether (sulfide) groups is 1. The first-order valence-electron chi connectivity index (χ1n) is 6.42. The molecule has 0 spiro atoms. The molecule has 1 N–H and O–H groups in total. The van der Waals surface area contributed by atoms with Gasteiger partial charge in [-0.25, -0.2) is 0 Å². The van der Waals surface area contributed by atoms with Gasteiger partial charge in [-0.1, -0.05) is 48.5 Å². The lowest BCUT2D eigenvalue weighted by Gasteiger charge is -2.37. The van der Waals surface area contributed by atoms with Gasteiger partial charge in [-0.3, -0.25) is 4.79 Å². The third kappa shape index (κ3) is 6.35. The van der Waals surface area contributed by atoms with Gasteiger partial charge in [0.05, 0.1) is 0 Å². The van der Waals surface area contributed by atoms with Gasteiger partial charge in [0.25, 0.3) is 0 Å². The molecule has 0 rings (SSSR count). The van der Waals surface area contributed by atoms with E-state index in [4.69, 9.17) is 0 Å². The van der Waals surface area contributed by atoms with Crippen LogP contribution in [0.15, 0.2) is 0 Å². The van der Waals surface area contributed by atoms with Gasteiger partial charge in [-0.05, 0) is 24.7 Å². The molecule has 0 saturated heterocycles. The minimum absolute atomic E-state index is 0.0256. The van der Waals surface area contributed by atoms with Crippen molar-refractivity contribution in [3.63, 3.8) is 0 Å². The van der Waals surface area contributed by atoms with Crippen molar-refractivity contribution >= 4 is 17.7 Å². The van der Waals surface area contributed by atoms with E-state index in [-0.39, 0.29) is 4.75 Å². The third-order valence-corrected chi connectivity index (χ3v) is 3.88. The molecule has 0 saturated carbocycles. The van der Waals surface area contributed by atoms with Crippen LogP contribution in [0, 0.1) is 11.8 Å². The molecule has 102 valence electrons. The maximum atomic E-state index is 11.7. The Hall–Kier alpha value is -0.180. The van der Waals surface area contributed by atoms with Crippen molar-refractivity contribution < 1.29 is 9.90 Å². The highest BCUT2D eigenvalue weighted by Gasteiger charge is 2.43. The Morgan fingerprint density at radius 3 is 1.59 bits per heavy atom. The summed E-state index contributed by atoms with van der Waals surface area (Å²) in [7, 11) is 0. The normalized spacial score (nSPS) is 13.5. The SMILES string of the molecule is CC(C)CC(CC(C)C)(SC(C)(C)C)C(=O)O. The highest BCUT2D eigenvalue weighted by Crippen LogP contribution is 2.44. The summed E-state index contributed by atoms with van der Waals surface area (Å²) in [4.78, 5) is 11.7. The summed E-state index contributed by atoms with van der Waals surface area (Å²) >= 11 is 1.61. The molecular weight excluding hydrogens is 232 g/mol. The fourth-order valence-corrected chi connectivity index (χ4v) is 4.38. The second kappa shape index (κ2) is 6.12. The first kappa shape index (κ1) is 16.8. The van der Waals surface area contributed by atoms with Crippen LogP contribution < -0.4 is 0 Å². The Morgan fingerprint density at radius 2 is 1.41 bits per heavy atom. The molecule has 17 heavy (non-hydrogen) atoms. The lowest BCUT2D eigenvalue weighted by molar-refractivity contribution is -0.140. The summed E-state index contributed by atoms with van der Waals surface area (Å²) in [5.41, 5.74) is 0. The Labute approximate surface area is 111 Å². The zero-order chi connectivity index (χ0) is 13.9. The molecule has 0 amide bonds. The van der Waals surface area contributed by atoms with E-state index in [1.54, 1.807) is 11.8 Å². The minimum atomic E-state index is -0.653. The van der Waals surface area contributed by atoms with Gasteiger partial charge in [-0.2, -0.15) is 0 Å². The van der Waals surface area contributed by atoms with Crippen LogP contribution in [-0.4, -0.2) is 20.6 Å². The molecule has 0 aromatic heterocycles. The second-order valence-corrected chi connectivity index (χ2v) is 8.92. The summed E-state index contributed by atoms with van der Waals surface area (Å²) < 4.78 is -0.664. The molecular formula is C14H28O2S. The Kier molecular flexibility index (Phi) is 6.06. The van der Waals surface area contributed by atoms with Gasteiger partial charge in [0.1, 0.15) is 4.75 Å². The first-order valence-corrected chi connectivity index (χ1v) is 7.24. The quantitative estimate of drug-likeness (QED) is 0.767. The number of aliphatic carboxylic acids is 1. The monoisotopic (exact) mass is 260 g/mol. The van der Waals surface area contributed by atoms with Crippen LogP contribution in [-0.2, 0) is 4.79 Å². The molecule has 0 heterocycles. The molecule has 0 radical (unpaired) electrons. The molecule has 3 heteroatoms. The van der Waals surface area contributed by atoms with Crippen molar-refractivity contribution in [2.45, 2.75) is 70.8 Å². The average molecular weight is 260 g/mol. The van der Waals surface area contributed by atoms with Crippen LogP contribution in [0.2, 0.25) is 0 Å². The van der Waals surface area contributed by atoms with Crippen LogP contribution in [0.1, 0.15) is 61.3 Å². The summed E-state index contributed by atoms with van der Waals surface area (Å²) in [6, 6.07) is 0. The molecule has 0 fully saturated rings. The van der Waals surface area contributed by atoms with Crippen LogP contribution in [0.5, 0.6) is 0 Å². The molecule has 0 aliphatic carbocycles. The van der Waals surface area contributed by atoms with E-state index in [2.05, 4.69) is 48.5 Å². The van der Waals surface area contributed by atoms with Crippen molar-refractivity contribution in [2.24, 2.45) is 11.8 Å². The molecule has 0 bridgehead atoms. The van der Waals surface area contributed by atoms with Gasteiger partial charge >= 0.3 is 5.97 Å². The minimum Gasteiger partial charge on any atom is -0.480 e. The lowest BCUT2D eigenvalue weighted by Crippen LogP contribution is -2.41. The predicted molar refractivity (Wildman–Crippen MR) is 76.6 cm³/mol. The van der Waals surface area contributed by atoms with Crippen LogP contribution >= 0.6 is 11.8 Å². The molecule has 0 aliphatic rings. The van der Waals surface area contributed by atoms with Crippen LogP contribution in [0.3, 0.4) is 0 Å². The fourth-order valence-electron chi connectivity index (χ4n) is 2.29. The molecule has 0 aliphatic heterocycles. The number of rotatable bonds is 6. The molecule has 2 nitrogen and oxygen atoms in total. The van der Waals surface area contributed by atoms with Gasteiger partial charge in [0.2, 0.25) is 0 Å². The van der Waals surface area contributed by atoms with E-state index < -0.39 is 10.7 Å². The van der Waals surface area contributed by atoms with Crippen molar-refractivity contribution in [1.29, 1.82) is 0 Å². The van der Waals surface area contributed by atoms with E-state index in [0.717, 1.165) is 12.8 Å². The van der Waals surface area contributed by atoms with Crippen molar-refractivity contribution in [2.75, 3.05) is 0 Å². The third-order valence-electron chi connectivity index (χ3n) is 2.37. The van der Waals surface area contributed by atoms with Crippen molar-refractivity contribution in [3.8, 4) is 0 Å². The Morgan fingerprint density at radius 1 is 1.06 bits per heavy atom. The van der Waals surface area contributed by atoms with E-state index in [1.165, 1.54) is 0 Å². The average Bonchev–Trinajstić information content (AvgIpc) is 1.96. The molecule has 0 aromatic carbocycles. The standard InChI is InChI=1S/C14H28O2S/c1-10(2)8-14(12(15)16,9-11(3)4)17-13(5,6)7/h10-11H,8-9H2,1-7H3,(H,15,16). The van der Waals surface area contributed by atoms with Gasteiger partial charge in [0, 0.05) is 4.75 Å². The summed E-state index contributed by atoms with van der Waals surface area (Å²) in [6.45, 7) is 14.7. The van der Waals surface area contributed by atoms with Crippen molar-refractivity contribution in [1.82, 2.24) is 0 Å². The highest BCUT2D eigenvalue weighted by atomic mass is 32.2. The second-order valence-electron chi connectivity index (χ2n) is 6.71. The topological polar surface area (TPSA) is 37.3 Å². The lowest BCUT2D eigenvalue weighted by atomic mass is 9.88. The zero-order valence-electron chi connectivity index (χ0n) is 12.3. The van der Waals surface area contributed by atoms with Crippen LogP contribution in [0.25, 0.3) is 0 Å². The number of carboxylic acids is 1. The maximum absolute atomic E-state index is 11.7. The summed E-state index contributed by atoms with van der Waals surface area (Å²) in [5.74, 6) is 0.152. The Balaban J connectivity index is 5.16. The largest absolute Gasteiger partial charge is 0.480 e.